The predicted octanol–water partition coefficient (Wildman–Crippen LogP) is 3.53. The van der Waals surface area contributed by atoms with Crippen molar-refractivity contribution in [2.75, 3.05) is 20.1 Å². The Kier molecular flexibility index (Phi) is 5.51. The van der Waals surface area contributed by atoms with Crippen molar-refractivity contribution in [3.05, 3.63) is 28.2 Å². The van der Waals surface area contributed by atoms with Crippen molar-refractivity contribution >= 4 is 15.9 Å². The largest absolute Gasteiger partial charge is 0.573 e. The van der Waals surface area contributed by atoms with Crippen LogP contribution in [0.25, 0.3) is 0 Å². The predicted molar refractivity (Wildman–Crippen MR) is 78.2 cm³/mol. The zero-order valence-corrected chi connectivity index (χ0v) is 13.3. The van der Waals surface area contributed by atoms with Gasteiger partial charge in [0.05, 0.1) is 4.47 Å². The van der Waals surface area contributed by atoms with Crippen molar-refractivity contribution in [1.29, 1.82) is 0 Å². The molecule has 1 heterocycles. The van der Waals surface area contributed by atoms with Crippen molar-refractivity contribution < 1.29 is 17.9 Å². The van der Waals surface area contributed by atoms with E-state index in [1.165, 1.54) is 6.07 Å². The van der Waals surface area contributed by atoms with Crippen LogP contribution in [0, 0.1) is 0 Å². The average Bonchev–Trinajstić information content (AvgIpc) is 2.40. The molecule has 3 nitrogen and oxygen atoms in total. The van der Waals surface area contributed by atoms with E-state index in [0.29, 0.717) is 17.1 Å². The molecule has 21 heavy (non-hydrogen) atoms. The molecule has 0 aliphatic carbocycles. The van der Waals surface area contributed by atoms with Gasteiger partial charge in [-0.3, -0.25) is 0 Å². The van der Waals surface area contributed by atoms with E-state index in [9.17, 15) is 13.2 Å². The highest BCUT2D eigenvalue weighted by atomic mass is 79.9. The van der Waals surface area contributed by atoms with E-state index in [2.05, 4.69) is 37.9 Å². The number of hydrogen-bond donors (Lipinski definition) is 1. The van der Waals surface area contributed by atoms with Crippen LogP contribution in [0.4, 0.5) is 13.2 Å². The highest BCUT2D eigenvalue weighted by Crippen LogP contribution is 2.31. The highest BCUT2D eigenvalue weighted by molar-refractivity contribution is 9.10. The highest BCUT2D eigenvalue weighted by Gasteiger charge is 2.31. The number of likely N-dealkylation sites (tertiary alicyclic amines) is 1. The molecule has 1 N–H and O–H groups in total. The van der Waals surface area contributed by atoms with Crippen molar-refractivity contribution in [2.45, 2.75) is 31.8 Å². The molecule has 0 atom stereocenters. The normalized spacial score (nSPS) is 18.0. The summed E-state index contributed by atoms with van der Waals surface area (Å²) in [5.74, 6) is -0.217. The van der Waals surface area contributed by atoms with Gasteiger partial charge in [-0.15, -0.1) is 13.2 Å². The molecular formula is C14H18BrF3N2O. The first kappa shape index (κ1) is 16.6. The fourth-order valence-electron chi connectivity index (χ4n) is 2.34. The summed E-state index contributed by atoms with van der Waals surface area (Å²) < 4.78 is 40.8. The summed E-state index contributed by atoms with van der Waals surface area (Å²) in [5, 5.41) is 3.44. The summed E-state index contributed by atoms with van der Waals surface area (Å²) in [7, 11) is 2.10. The molecule has 0 radical (unpaired) electrons. The van der Waals surface area contributed by atoms with Crippen molar-refractivity contribution in [3.8, 4) is 5.75 Å². The molecule has 0 unspecified atom stereocenters. The maximum absolute atomic E-state index is 12.2. The second kappa shape index (κ2) is 6.98. The van der Waals surface area contributed by atoms with E-state index in [1.54, 1.807) is 12.1 Å². The first-order valence-electron chi connectivity index (χ1n) is 6.79. The minimum atomic E-state index is -4.67. The van der Waals surface area contributed by atoms with Crippen LogP contribution in [0.3, 0.4) is 0 Å². The number of nitrogens with one attached hydrogen (secondary N) is 1. The Bertz CT molecular complexity index is 474. The second-order valence-electron chi connectivity index (χ2n) is 5.27. The quantitative estimate of drug-likeness (QED) is 0.881. The molecule has 0 aromatic heterocycles. The van der Waals surface area contributed by atoms with Gasteiger partial charge in [0, 0.05) is 12.6 Å². The van der Waals surface area contributed by atoms with Gasteiger partial charge in [-0.2, -0.15) is 0 Å². The lowest BCUT2D eigenvalue weighted by atomic mass is 10.1. The first-order chi connectivity index (χ1) is 9.83. The standard InChI is InChI=1S/C14H18BrF3N2O/c1-20-6-4-11(5-7-20)19-9-10-2-3-13(12(15)8-10)21-14(16,17)18/h2-3,8,11,19H,4-7,9H2,1H3. The molecule has 0 amide bonds. The lowest BCUT2D eigenvalue weighted by Crippen LogP contribution is -2.40. The maximum atomic E-state index is 12.2. The number of halogens is 4. The number of nitrogens with zero attached hydrogens (tertiary/aromatic N) is 1. The Morgan fingerprint density at radius 2 is 2.00 bits per heavy atom. The fourth-order valence-corrected chi connectivity index (χ4v) is 2.84. The van der Waals surface area contributed by atoms with E-state index in [0.717, 1.165) is 31.5 Å². The lowest BCUT2D eigenvalue weighted by Gasteiger charge is -2.29. The first-order valence-corrected chi connectivity index (χ1v) is 7.59. The third-order valence-electron chi connectivity index (χ3n) is 3.54. The maximum Gasteiger partial charge on any atom is 0.573 e. The summed E-state index contributed by atoms with van der Waals surface area (Å²) in [4.78, 5) is 2.29. The molecule has 0 bridgehead atoms. The Morgan fingerprint density at radius 1 is 1.33 bits per heavy atom. The van der Waals surface area contributed by atoms with Gasteiger partial charge < -0.3 is 15.0 Å². The van der Waals surface area contributed by atoms with Gasteiger partial charge >= 0.3 is 6.36 Å². The third-order valence-corrected chi connectivity index (χ3v) is 4.16. The molecule has 7 heteroatoms. The molecule has 2 rings (SSSR count). The van der Waals surface area contributed by atoms with Gasteiger partial charge in [0.2, 0.25) is 0 Å². The average molecular weight is 367 g/mol. The number of hydrogen-bond acceptors (Lipinski definition) is 3. The number of benzene rings is 1. The van der Waals surface area contributed by atoms with Crippen LogP contribution in [-0.2, 0) is 6.54 Å². The molecule has 0 saturated carbocycles. The van der Waals surface area contributed by atoms with E-state index in [-0.39, 0.29) is 5.75 Å². The molecule has 118 valence electrons. The summed E-state index contributed by atoms with van der Waals surface area (Å²) >= 11 is 3.11. The van der Waals surface area contributed by atoms with Crippen molar-refractivity contribution in [1.82, 2.24) is 10.2 Å². The minimum Gasteiger partial charge on any atom is -0.405 e. The Hall–Kier alpha value is -0.790. The number of piperidine rings is 1. The number of ether oxygens (including phenoxy) is 1. The van der Waals surface area contributed by atoms with Gasteiger partial charge in [-0.25, -0.2) is 0 Å². The SMILES string of the molecule is CN1CCC(NCc2ccc(OC(F)(F)F)c(Br)c2)CC1. The van der Waals surface area contributed by atoms with E-state index < -0.39 is 6.36 Å². The van der Waals surface area contributed by atoms with Crippen LogP contribution in [0.1, 0.15) is 18.4 Å². The Morgan fingerprint density at radius 3 is 2.57 bits per heavy atom. The monoisotopic (exact) mass is 366 g/mol. The molecule has 1 saturated heterocycles. The van der Waals surface area contributed by atoms with E-state index in [1.807, 2.05) is 0 Å². The van der Waals surface area contributed by atoms with E-state index >= 15 is 0 Å². The molecular weight excluding hydrogens is 349 g/mol. The van der Waals surface area contributed by atoms with Gasteiger partial charge in [0.25, 0.3) is 0 Å². The van der Waals surface area contributed by atoms with Crippen LogP contribution < -0.4 is 10.1 Å². The van der Waals surface area contributed by atoms with Crippen LogP contribution in [-0.4, -0.2) is 37.4 Å². The summed E-state index contributed by atoms with van der Waals surface area (Å²) in [6.45, 7) is 2.78. The van der Waals surface area contributed by atoms with Crippen LogP contribution >= 0.6 is 15.9 Å². The molecule has 1 aliphatic rings. The topological polar surface area (TPSA) is 24.5 Å². The zero-order valence-electron chi connectivity index (χ0n) is 11.7. The second-order valence-corrected chi connectivity index (χ2v) is 6.13. The van der Waals surface area contributed by atoms with Crippen LogP contribution in [0.15, 0.2) is 22.7 Å². The summed E-state index contributed by atoms with van der Waals surface area (Å²) in [5.41, 5.74) is 0.926. The van der Waals surface area contributed by atoms with Crippen molar-refractivity contribution in [2.24, 2.45) is 0 Å². The summed E-state index contributed by atoms with van der Waals surface area (Å²) in [6.07, 6.45) is -2.49. The van der Waals surface area contributed by atoms with Gasteiger partial charge in [-0.05, 0) is 66.6 Å². The number of rotatable bonds is 4. The minimum absolute atomic E-state index is 0.217. The van der Waals surface area contributed by atoms with E-state index in [4.69, 9.17) is 0 Å². The lowest BCUT2D eigenvalue weighted by molar-refractivity contribution is -0.274. The van der Waals surface area contributed by atoms with Gasteiger partial charge in [0.15, 0.2) is 0 Å². The Balaban J connectivity index is 1.88. The fraction of sp³-hybridized carbons (Fsp3) is 0.571. The third kappa shape index (κ3) is 5.48. The van der Waals surface area contributed by atoms with Gasteiger partial charge in [-0.1, -0.05) is 6.07 Å². The molecule has 1 fully saturated rings. The van der Waals surface area contributed by atoms with Gasteiger partial charge in [0.1, 0.15) is 5.75 Å². The smallest absolute Gasteiger partial charge is 0.405 e. The number of alkyl halides is 3. The zero-order chi connectivity index (χ0) is 15.5. The van der Waals surface area contributed by atoms with Crippen molar-refractivity contribution in [3.63, 3.8) is 0 Å². The summed E-state index contributed by atoms with van der Waals surface area (Å²) in [6, 6.07) is 5.10. The van der Waals surface area contributed by atoms with Crippen LogP contribution in [0.2, 0.25) is 0 Å². The molecule has 1 aromatic rings. The molecule has 1 aromatic carbocycles. The van der Waals surface area contributed by atoms with Crippen LogP contribution in [0.5, 0.6) is 5.75 Å². The molecule has 0 spiro atoms. The Labute approximate surface area is 130 Å². The molecule has 1 aliphatic heterocycles.